The van der Waals surface area contributed by atoms with Crippen molar-refractivity contribution in [2.45, 2.75) is 39.5 Å². The number of fused-ring (bicyclic) bond motifs is 1. The predicted octanol–water partition coefficient (Wildman–Crippen LogP) is 3.19. The van der Waals surface area contributed by atoms with Gasteiger partial charge in [0.1, 0.15) is 12.4 Å². The number of aryl methyl sites for hydroxylation is 1. The Hall–Kier alpha value is -4.32. The fourth-order valence-electron chi connectivity index (χ4n) is 3.80. The maximum Gasteiger partial charge on any atom is 0.330 e. The average molecular weight is 460 g/mol. The van der Waals surface area contributed by atoms with E-state index in [1.807, 2.05) is 34.9 Å². The lowest BCUT2D eigenvalue weighted by molar-refractivity contribution is 0.271. The zero-order valence-corrected chi connectivity index (χ0v) is 19.1. The van der Waals surface area contributed by atoms with E-state index in [1.165, 1.54) is 11.7 Å². The number of nitrogens with one attached hydrogen (secondary N) is 1. The Morgan fingerprint density at radius 2 is 1.88 bits per heavy atom. The molecule has 0 saturated heterocycles. The van der Waals surface area contributed by atoms with Crippen molar-refractivity contribution in [2.75, 3.05) is 7.11 Å². The number of aromatic amines is 1. The third-order valence-electron chi connectivity index (χ3n) is 5.53. The van der Waals surface area contributed by atoms with Crippen LogP contribution in [0.5, 0.6) is 11.5 Å². The van der Waals surface area contributed by atoms with Gasteiger partial charge in [0.05, 0.1) is 25.3 Å². The summed E-state index contributed by atoms with van der Waals surface area (Å²) in [5.74, 6) is 1.40. The summed E-state index contributed by atoms with van der Waals surface area (Å²) in [5, 5.41) is 9.12. The molecular weight excluding hydrogens is 434 g/mol. The molecule has 2 heterocycles. The van der Waals surface area contributed by atoms with E-state index >= 15 is 0 Å². The minimum Gasteiger partial charge on any atom is -0.493 e. The summed E-state index contributed by atoms with van der Waals surface area (Å²) in [7, 11) is 1.50. The summed E-state index contributed by atoms with van der Waals surface area (Å²) in [5.41, 5.74) is 1.04. The number of rotatable bonds is 9. The summed E-state index contributed by atoms with van der Waals surface area (Å²) in [4.78, 5) is 32.6. The van der Waals surface area contributed by atoms with Crippen LogP contribution in [0.4, 0.5) is 0 Å². The van der Waals surface area contributed by atoms with Crippen molar-refractivity contribution in [3.63, 3.8) is 0 Å². The smallest absolute Gasteiger partial charge is 0.330 e. The summed E-state index contributed by atoms with van der Waals surface area (Å²) in [6.45, 7) is 2.95. The van der Waals surface area contributed by atoms with Crippen molar-refractivity contribution in [3.05, 3.63) is 86.3 Å². The fourth-order valence-corrected chi connectivity index (χ4v) is 3.80. The minimum absolute atomic E-state index is 0.0552. The predicted molar refractivity (Wildman–Crippen MR) is 127 cm³/mol. The first-order valence-electron chi connectivity index (χ1n) is 11.0. The van der Waals surface area contributed by atoms with Crippen molar-refractivity contribution in [1.29, 1.82) is 5.26 Å². The highest BCUT2D eigenvalue weighted by Gasteiger charge is 2.19. The van der Waals surface area contributed by atoms with E-state index in [1.54, 1.807) is 18.2 Å². The monoisotopic (exact) mass is 459 g/mol. The number of methoxy groups -OCH3 is 1. The largest absolute Gasteiger partial charge is 0.493 e. The first kappa shape index (κ1) is 22.9. The van der Waals surface area contributed by atoms with Gasteiger partial charge in [-0.1, -0.05) is 43.7 Å². The molecule has 0 bridgehead atoms. The van der Waals surface area contributed by atoms with E-state index in [-0.39, 0.29) is 13.2 Å². The van der Waals surface area contributed by atoms with Crippen LogP contribution in [0.2, 0.25) is 0 Å². The molecule has 9 heteroatoms. The zero-order chi connectivity index (χ0) is 24.1. The normalized spacial score (nSPS) is 10.9. The zero-order valence-electron chi connectivity index (χ0n) is 19.1. The number of aromatic nitrogens is 4. The third-order valence-corrected chi connectivity index (χ3v) is 5.53. The topological polar surface area (TPSA) is 115 Å². The van der Waals surface area contributed by atoms with E-state index in [9.17, 15) is 9.59 Å². The molecule has 34 heavy (non-hydrogen) atoms. The Morgan fingerprint density at radius 3 is 2.59 bits per heavy atom. The molecule has 2 aromatic carbocycles. The SMILES string of the molecule is CCCCn1c(COc2ccc(C#N)cc2OC)nc2c1c(=O)[nH]c(=O)n2Cc1ccccc1. The van der Waals surface area contributed by atoms with E-state index < -0.39 is 11.2 Å². The molecule has 0 spiro atoms. The summed E-state index contributed by atoms with van der Waals surface area (Å²) < 4.78 is 14.6. The van der Waals surface area contributed by atoms with Gasteiger partial charge in [-0.15, -0.1) is 0 Å². The van der Waals surface area contributed by atoms with E-state index in [0.29, 0.717) is 40.6 Å². The van der Waals surface area contributed by atoms with Crippen LogP contribution in [0.3, 0.4) is 0 Å². The van der Waals surface area contributed by atoms with Gasteiger partial charge < -0.3 is 14.0 Å². The Bertz CT molecular complexity index is 1460. The van der Waals surface area contributed by atoms with Crippen LogP contribution >= 0.6 is 0 Å². The van der Waals surface area contributed by atoms with E-state index in [2.05, 4.69) is 23.0 Å². The number of nitriles is 1. The van der Waals surface area contributed by atoms with Crippen molar-refractivity contribution in [1.82, 2.24) is 19.1 Å². The van der Waals surface area contributed by atoms with Gasteiger partial charge in [-0.05, 0) is 24.1 Å². The number of nitrogens with zero attached hydrogens (tertiary/aromatic N) is 4. The third kappa shape index (κ3) is 4.57. The Labute approximate surface area is 195 Å². The summed E-state index contributed by atoms with van der Waals surface area (Å²) >= 11 is 0. The maximum absolute atomic E-state index is 12.8. The highest BCUT2D eigenvalue weighted by molar-refractivity contribution is 5.71. The van der Waals surface area contributed by atoms with Gasteiger partial charge in [0.2, 0.25) is 0 Å². The number of ether oxygens (including phenoxy) is 2. The Balaban J connectivity index is 1.78. The van der Waals surface area contributed by atoms with Crippen LogP contribution in [-0.2, 0) is 19.7 Å². The van der Waals surface area contributed by atoms with E-state index in [0.717, 1.165) is 18.4 Å². The fraction of sp³-hybridized carbons (Fsp3) is 0.280. The lowest BCUT2D eigenvalue weighted by atomic mass is 10.2. The Morgan fingerprint density at radius 1 is 1.09 bits per heavy atom. The highest BCUT2D eigenvalue weighted by Crippen LogP contribution is 2.29. The van der Waals surface area contributed by atoms with Crippen LogP contribution in [0.15, 0.2) is 58.1 Å². The van der Waals surface area contributed by atoms with E-state index in [4.69, 9.17) is 14.7 Å². The van der Waals surface area contributed by atoms with Gasteiger partial charge in [-0.25, -0.2) is 9.78 Å². The molecule has 0 unspecified atom stereocenters. The van der Waals surface area contributed by atoms with Gasteiger partial charge in [0.25, 0.3) is 5.56 Å². The molecule has 0 radical (unpaired) electrons. The number of unbranched alkanes of at least 4 members (excludes halogenated alkanes) is 1. The molecule has 0 atom stereocenters. The number of H-pyrrole nitrogens is 1. The van der Waals surface area contributed by atoms with Gasteiger partial charge in [0.15, 0.2) is 22.7 Å². The minimum atomic E-state index is -0.511. The number of benzene rings is 2. The van der Waals surface area contributed by atoms with Crippen LogP contribution in [0.1, 0.15) is 36.7 Å². The second kappa shape index (κ2) is 10.1. The summed E-state index contributed by atoms with van der Waals surface area (Å²) in [6, 6.07) is 16.5. The van der Waals surface area contributed by atoms with Crippen LogP contribution in [0, 0.1) is 11.3 Å². The first-order chi connectivity index (χ1) is 16.5. The lowest BCUT2D eigenvalue weighted by Crippen LogP contribution is -2.31. The second-order valence-electron chi connectivity index (χ2n) is 7.80. The van der Waals surface area contributed by atoms with Crippen LogP contribution < -0.4 is 20.7 Å². The molecule has 1 N–H and O–H groups in total. The molecule has 0 aliphatic carbocycles. The van der Waals surface area contributed by atoms with Gasteiger partial charge in [-0.2, -0.15) is 5.26 Å². The van der Waals surface area contributed by atoms with Crippen molar-refractivity contribution < 1.29 is 9.47 Å². The molecule has 4 rings (SSSR count). The number of imidazole rings is 1. The highest BCUT2D eigenvalue weighted by atomic mass is 16.5. The van der Waals surface area contributed by atoms with Gasteiger partial charge in [-0.3, -0.25) is 14.3 Å². The lowest BCUT2D eigenvalue weighted by Gasteiger charge is -2.12. The van der Waals surface area contributed by atoms with Gasteiger partial charge in [0, 0.05) is 12.6 Å². The molecule has 9 nitrogen and oxygen atoms in total. The molecule has 0 fully saturated rings. The van der Waals surface area contributed by atoms with Crippen molar-refractivity contribution in [2.24, 2.45) is 0 Å². The standard InChI is InChI=1S/C25H25N5O4/c1-3-4-12-29-21(16-34-19-11-10-18(14-26)13-20(19)33-2)27-23-22(29)24(31)28-25(32)30(23)15-17-8-6-5-7-9-17/h5-11,13H,3-4,12,15-16H2,1-2H3,(H,28,31,32). The van der Waals surface area contributed by atoms with Crippen molar-refractivity contribution >= 4 is 11.2 Å². The molecular formula is C25H25N5O4. The first-order valence-corrected chi connectivity index (χ1v) is 11.0. The maximum atomic E-state index is 12.8. The van der Waals surface area contributed by atoms with Crippen LogP contribution in [0.25, 0.3) is 11.2 Å². The quantitative estimate of drug-likeness (QED) is 0.411. The summed E-state index contributed by atoms with van der Waals surface area (Å²) in [6.07, 6.45) is 1.75. The molecule has 0 aliphatic heterocycles. The molecule has 0 aliphatic rings. The molecule has 4 aromatic rings. The molecule has 174 valence electrons. The second-order valence-corrected chi connectivity index (χ2v) is 7.80. The molecule has 0 amide bonds. The number of hydrogen-bond donors (Lipinski definition) is 1. The van der Waals surface area contributed by atoms with Crippen molar-refractivity contribution in [3.8, 4) is 17.6 Å². The van der Waals surface area contributed by atoms with Crippen LogP contribution in [-0.4, -0.2) is 26.2 Å². The Kier molecular flexibility index (Phi) is 6.78. The average Bonchev–Trinajstić information content (AvgIpc) is 3.23. The van der Waals surface area contributed by atoms with Gasteiger partial charge >= 0.3 is 5.69 Å². The number of hydrogen-bond acceptors (Lipinski definition) is 6. The molecule has 2 aromatic heterocycles. The molecule has 0 saturated carbocycles.